The van der Waals surface area contributed by atoms with Crippen molar-refractivity contribution in [1.29, 1.82) is 0 Å². The predicted molar refractivity (Wildman–Crippen MR) is 68.8 cm³/mol. The molecule has 96 valence electrons. The van der Waals surface area contributed by atoms with E-state index in [0.29, 0.717) is 10.9 Å². The average Bonchev–Trinajstić information content (AvgIpc) is 2.28. The van der Waals surface area contributed by atoms with Gasteiger partial charge in [0.05, 0.1) is 12.1 Å². The SMILES string of the molecule is CNC(c1cc(F)ccc1Cl)C(OC)C(C)C. The van der Waals surface area contributed by atoms with Gasteiger partial charge in [-0.1, -0.05) is 25.4 Å². The lowest BCUT2D eigenvalue weighted by Crippen LogP contribution is -2.35. The molecule has 1 rings (SSSR count). The quantitative estimate of drug-likeness (QED) is 0.875. The monoisotopic (exact) mass is 259 g/mol. The maximum absolute atomic E-state index is 13.3. The second-order valence-corrected chi connectivity index (χ2v) is 4.78. The van der Waals surface area contributed by atoms with Crippen molar-refractivity contribution in [2.75, 3.05) is 14.2 Å². The topological polar surface area (TPSA) is 21.3 Å². The first kappa shape index (κ1) is 14.4. The third kappa shape index (κ3) is 3.41. The van der Waals surface area contributed by atoms with Gasteiger partial charge >= 0.3 is 0 Å². The Morgan fingerprint density at radius 1 is 1.35 bits per heavy atom. The zero-order chi connectivity index (χ0) is 13.0. The van der Waals surface area contributed by atoms with Crippen molar-refractivity contribution in [3.63, 3.8) is 0 Å². The Kier molecular flexibility index (Phi) is 5.37. The number of rotatable bonds is 5. The highest BCUT2D eigenvalue weighted by Gasteiger charge is 2.26. The van der Waals surface area contributed by atoms with E-state index in [1.165, 1.54) is 12.1 Å². The molecule has 1 aromatic carbocycles. The van der Waals surface area contributed by atoms with Gasteiger partial charge in [-0.15, -0.1) is 0 Å². The number of ether oxygens (including phenoxy) is 1. The van der Waals surface area contributed by atoms with Crippen molar-refractivity contribution in [3.8, 4) is 0 Å². The summed E-state index contributed by atoms with van der Waals surface area (Å²) in [6.07, 6.45) is -0.0562. The lowest BCUT2D eigenvalue weighted by atomic mass is 9.93. The van der Waals surface area contributed by atoms with Gasteiger partial charge in [0.2, 0.25) is 0 Å². The summed E-state index contributed by atoms with van der Waals surface area (Å²) in [6, 6.07) is 4.26. The molecule has 0 aromatic heterocycles. The van der Waals surface area contributed by atoms with Gasteiger partial charge in [0.1, 0.15) is 5.82 Å². The Morgan fingerprint density at radius 3 is 2.47 bits per heavy atom. The summed E-state index contributed by atoms with van der Waals surface area (Å²) in [6.45, 7) is 4.12. The van der Waals surface area contributed by atoms with Crippen LogP contribution in [0.25, 0.3) is 0 Å². The highest BCUT2D eigenvalue weighted by atomic mass is 35.5. The first-order chi connectivity index (χ1) is 8.01. The lowest BCUT2D eigenvalue weighted by molar-refractivity contribution is 0.0348. The summed E-state index contributed by atoms with van der Waals surface area (Å²) >= 11 is 6.11. The van der Waals surface area contributed by atoms with Crippen LogP contribution >= 0.6 is 11.6 Å². The summed E-state index contributed by atoms with van der Waals surface area (Å²) in [7, 11) is 3.47. The van der Waals surface area contributed by atoms with Crippen molar-refractivity contribution >= 4 is 11.6 Å². The number of likely N-dealkylation sites (N-methyl/N-ethyl adjacent to an activating group) is 1. The molecule has 0 spiro atoms. The minimum absolute atomic E-state index is 0.0562. The van der Waals surface area contributed by atoms with Gasteiger partial charge in [-0.2, -0.15) is 0 Å². The molecule has 0 bridgehead atoms. The minimum Gasteiger partial charge on any atom is -0.379 e. The van der Waals surface area contributed by atoms with Gasteiger partial charge in [-0.05, 0) is 36.7 Å². The number of nitrogens with one attached hydrogen (secondary N) is 1. The maximum atomic E-state index is 13.3. The summed E-state index contributed by atoms with van der Waals surface area (Å²) in [5.74, 6) is 0.0139. The molecular weight excluding hydrogens is 241 g/mol. The zero-order valence-electron chi connectivity index (χ0n) is 10.6. The number of hydrogen-bond donors (Lipinski definition) is 1. The molecule has 0 aliphatic carbocycles. The van der Waals surface area contributed by atoms with E-state index >= 15 is 0 Å². The number of hydrogen-bond acceptors (Lipinski definition) is 2. The fourth-order valence-corrected chi connectivity index (χ4v) is 2.28. The van der Waals surface area contributed by atoms with Crippen LogP contribution in [0.15, 0.2) is 18.2 Å². The van der Waals surface area contributed by atoms with Crippen LogP contribution in [-0.2, 0) is 4.74 Å². The number of methoxy groups -OCH3 is 1. The van der Waals surface area contributed by atoms with Crippen molar-refractivity contribution < 1.29 is 9.13 Å². The van der Waals surface area contributed by atoms with Gasteiger partial charge < -0.3 is 10.1 Å². The number of halogens is 2. The minimum atomic E-state index is -0.289. The van der Waals surface area contributed by atoms with Crippen LogP contribution in [0.3, 0.4) is 0 Å². The normalized spacial score (nSPS) is 15.0. The molecular formula is C13H19ClFNO. The first-order valence-electron chi connectivity index (χ1n) is 5.66. The standard InChI is InChI=1S/C13H19ClFNO/c1-8(2)13(17-4)12(16-3)10-7-9(15)5-6-11(10)14/h5-8,12-13,16H,1-4H3. The summed E-state index contributed by atoms with van der Waals surface area (Å²) in [5, 5.41) is 3.69. The van der Waals surface area contributed by atoms with Gasteiger partial charge in [0.25, 0.3) is 0 Å². The predicted octanol–water partition coefficient (Wildman–Crippen LogP) is 3.41. The van der Waals surface area contributed by atoms with Gasteiger partial charge in [-0.3, -0.25) is 0 Å². The summed E-state index contributed by atoms with van der Waals surface area (Å²) in [4.78, 5) is 0. The van der Waals surface area contributed by atoms with E-state index in [2.05, 4.69) is 19.2 Å². The van der Waals surface area contributed by atoms with Gasteiger partial charge in [0, 0.05) is 12.1 Å². The third-order valence-corrected chi connectivity index (χ3v) is 3.21. The van der Waals surface area contributed by atoms with E-state index in [1.807, 2.05) is 7.05 Å². The lowest BCUT2D eigenvalue weighted by Gasteiger charge is -2.29. The molecule has 2 unspecified atom stereocenters. The molecule has 4 heteroatoms. The Balaban J connectivity index is 3.11. The van der Waals surface area contributed by atoms with Crippen molar-refractivity contribution in [2.45, 2.75) is 26.0 Å². The number of benzene rings is 1. The van der Waals surface area contributed by atoms with E-state index < -0.39 is 0 Å². The Morgan fingerprint density at radius 2 is 2.00 bits per heavy atom. The molecule has 17 heavy (non-hydrogen) atoms. The third-order valence-electron chi connectivity index (χ3n) is 2.86. The van der Waals surface area contributed by atoms with Crippen LogP contribution in [0.2, 0.25) is 5.02 Å². The molecule has 1 N–H and O–H groups in total. The first-order valence-corrected chi connectivity index (χ1v) is 6.04. The summed E-state index contributed by atoms with van der Waals surface area (Å²) in [5.41, 5.74) is 0.731. The molecule has 1 aromatic rings. The van der Waals surface area contributed by atoms with E-state index in [0.717, 1.165) is 5.56 Å². The zero-order valence-corrected chi connectivity index (χ0v) is 11.4. The van der Waals surface area contributed by atoms with Crippen LogP contribution in [0, 0.1) is 11.7 Å². The molecule has 0 fully saturated rings. The van der Waals surface area contributed by atoms with E-state index in [-0.39, 0.29) is 18.0 Å². The molecule has 0 amide bonds. The fraction of sp³-hybridized carbons (Fsp3) is 0.538. The largest absolute Gasteiger partial charge is 0.379 e. The summed E-state index contributed by atoms with van der Waals surface area (Å²) < 4.78 is 18.8. The maximum Gasteiger partial charge on any atom is 0.123 e. The van der Waals surface area contributed by atoms with Crippen molar-refractivity contribution in [1.82, 2.24) is 5.32 Å². The fourth-order valence-electron chi connectivity index (χ4n) is 2.04. The van der Waals surface area contributed by atoms with Crippen molar-refractivity contribution in [3.05, 3.63) is 34.6 Å². The van der Waals surface area contributed by atoms with Crippen LogP contribution in [0.1, 0.15) is 25.5 Å². The second-order valence-electron chi connectivity index (χ2n) is 4.38. The van der Waals surface area contributed by atoms with E-state index in [9.17, 15) is 4.39 Å². The van der Waals surface area contributed by atoms with E-state index in [1.54, 1.807) is 13.2 Å². The Labute approximate surface area is 107 Å². The van der Waals surface area contributed by atoms with Crippen LogP contribution in [0.5, 0.6) is 0 Å². The Bertz CT molecular complexity index is 370. The molecule has 0 saturated heterocycles. The Hall–Kier alpha value is -0.640. The van der Waals surface area contributed by atoms with Crippen molar-refractivity contribution in [2.24, 2.45) is 5.92 Å². The van der Waals surface area contributed by atoms with Gasteiger partial charge in [0.15, 0.2) is 0 Å². The second kappa shape index (κ2) is 6.34. The molecule has 0 aliphatic heterocycles. The highest BCUT2D eigenvalue weighted by molar-refractivity contribution is 6.31. The highest BCUT2D eigenvalue weighted by Crippen LogP contribution is 2.30. The molecule has 2 nitrogen and oxygen atoms in total. The van der Waals surface area contributed by atoms with Crippen LogP contribution in [-0.4, -0.2) is 20.3 Å². The van der Waals surface area contributed by atoms with Gasteiger partial charge in [-0.25, -0.2) is 4.39 Å². The van der Waals surface area contributed by atoms with Crippen LogP contribution in [0.4, 0.5) is 4.39 Å². The molecule has 0 aliphatic rings. The van der Waals surface area contributed by atoms with E-state index in [4.69, 9.17) is 16.3 Å². The van der Waals surface area contributed by atoms with Crippen LogP contribution < -0.4 is 5.32 Å². The average molecular weight is 260 g/mol. The molecule has 0 heterocycles. The smallest absolute Gasteiger partial charge is 0.123 e. The molecule has 2 atom stereocenters. The molecule has 0 radical (unpaired) electrons. The molecule has 0 saturated carbocycles.